The molecule has 0 bridgehead atoms. The van der Waals surface area contributed by atoms with Crippen LogP contribution in [-0.4, -0.2) is 57.2 Å². The third-order valence-electron chi connectivity index (χ3n) is 6.07. The molecule has 2 aliphatic rings. The number of piperidine rings is 1. The van der Waals surface area contributed by atoms with E-state index in [0.717, 1.165) is 25.2 Å². The number of likely N-dealkylation sites (N-methyl/N-ethyl adjacent to an activating group) is 1. The van der Waals surface area contributed by atoms with Crippen molar-refractivity contribution < 1.29 is 9.18 Å². The Bertz CT molecular complexity index is 1110. The van der Waals surface area contributed by atoms with Crippen LogP contribution >= 0.6 is 0 Å². The van der Waals surface area contributed by atoms with Gasteiger partial charge in [-0.05, 0) is 55.9 Å². The van der Waals surface area contributed by atoms with Crippen molar-refractivity contribution >= 4 is 11.6 Å². The zero-order chi connectivity index (χ0) is 20.8. The molecular weight excluding hydrogens is 383 g/mol. The zero-order valence-electron chi connectivity index (χ0n) is 17.0. The third kappa shape index (κ3) is 3.17. The Balaban J connectivity index is 1.42. The Kier molecular flexibility index (Phi) is 4.58. The number of rotatable bonds is 3. The maximum atomic E-state index is 14.0. The smallest absolute Gasteiger partial charge is 0.250 e. The van der Waals surface area contributed by atoms with Crippen LogP contribution in [0.2, 0.25) is 0 Å². The fourth-order valence-electron chi connectivity index (χ4n) is 4.66. The lowest BCUT2D eigenvalue weighted by atomic mass is 9.89. The predicted molar refractivity (Wildman–Crippen MR) is 111 cm³/mol. The molecule has 154 valence electrons. The number of fused-ring (bicyclic) bond motifs is 3. The number of likely N-dealkylation sites (tertiary alicyclic amines) is 1. The number of hydrogen-bond donors (Lipinski definition) is 0. The van der Waals surface area contributed by atoms with Crippen LogP contribution in [0, 0.1) is 12.7 Å². The largest absolute Gasteiger partial charge is 0.307 e. The van der Waals surface area contributed by atoms with E-state index in [-0.39, 0.29) is 29.9 Å². The molecule has 1 amide bonds. The van der Waals surface area contributed by atoms with Gasteiger partial charge in [-0.2, -0.15) is 4.80 Å². The maximum Gasteiger partial charge on any atom is 0.250 e. The predicted octanol–water partition coefficient (Wildman–Crippen LogP) is 2.62. The first kappa shape index (κ1) is 18.9. The lowest BCUT2D eigenvalue weighted by Gasteiger charge is -2.36. The number of hydrogen-bond acceptors (Lipinski definition) is 5. The number of carbonyl (C=O) groups excluding carboxylic acids is 1. The molecule has 0 aliphatic carbocycles. The third-order valence-corrected chi connectivity index (χ3v) is 6.07. The number of nitrogens with zero attached hydrogens (tertiary/aromatic N) is 6. The zero-order valence-corrected chi connectivity index (χ0v) is 17.0. The van der Waals surface area contributed by atoms with Crippen LogP contribution in [0.25, 0.3) is 11.4 Å². The standard InChI is InChI=1S/C22H23FN6O/c1-14-7-8-19-16(11-14)17-12-27(2)10-9-20(17)29(19)21(30)13-28-25-22(24-26-28)15-5-3-4-6-18(15)23/h3-8,11,17,20H,9-10,12-13H2,1-2H3/t17-,20+/m0/s1. The van der Waals surface area contributed by atoms with E-state index in [1.54, 1.807) is 18.2 Å². The summed E-state index contributed by atoms with van der Waals surface area (Å²) in [5.74, 6) is -0.00757. The maximum absolute atomic E-state index is 14.0. The molecule has 30 heavy (non-hydrogen) atoms. The molecule has 0 spiro atoms. The number of carbonyl (C=O) groups is 1. The van der Waals surface area contributed by atoms with E-state index in [2.05, 4.69) is 40.3 Å². The molecule has 7 nitrogen and oxygen atoms in total. The van der Waals surface area contributed by atoms with Crippen molar-refractivity contribution in [1.29, 1.82) is 0 Å². The van der Waals surface area contributed by atoms with Crippen molar-refractivity contribution in [2.24, 2.45) is 0 Å². The molecule has 2 atom stereocenters. The van der Waals surface area contributed by atoms with E-state index in [9.17, 15) is 9.18 Å². The molecule has 0 unspecified atom stereocenters. The normalized spacial score (nSPS) is 20.8. The second kappa shape index (κ2) is 7.28. The van der Waals surface area contributed by atoms with Gasteiger partial charge < -0.3 is 9.80 Å². The number of aromatic nitrogens is 4. The molecular formula is C22H23FN6O. The first-order valence-corrected chi connectivity index (χ1v) is 10.1. The van der Waals surface area contributed by atoms with E-state index in [1.807, 2.05) is 17.0 Å². The summed E-state index contributed by atoms with van der Waals surface area (Å²) in [7, 11) is 2.12. The van der Waals surface area contributed by atoms with Gasteiger partial charge >= 0.3 is 0 Å². The highest BCUT2D eigenvalue weighted by atomic mass is 19.1. The highest BCUT2D eigenvalue weighted by molar-refractivity contribution is 5.96. The second-order valence-corrected chi connectivity index (χ2v) is 8.17. The number of benzene rings is 2. The molecule has 0 N–H and O–H groups in total. The van der Waals surface area contributed by atoms with Gasteiger partial charge in [0.1, 0.15) is 12.4 Å². The van der Waals surface area contributed by atoms with Gasteiger partial charge in [-0.15, -0.1) is 10.2 Å². The molecule has 1 saturated heterocycles. The van der Waals surface area contributed by atoms with E-state index < -0.39 is 5.82 Å². The summed E-state index contributed by atoms with van der Waals surface area (Å²) in [5, 5.41) is 12.2. The van der Waals surface area contributed by atoms with Crippen LogP contribution in [0.3, 0.4) is 0 Å². The topological polar surface area (TPSA) is 67.2 Å². The Morgan fingerprint density at radius 2 is 2.07 bits per heavy atom. The van der Waals surface area contributed by atoms with Crippen molar-refractivity contribution in [2.75, 3.05) is 25.0 Å². The van der Waals surface area contributed by atoms with E-state index in [0.29, 0.717) is 5.92 Å². The SMILES string of the molecule is Cc1ccc2c(c1)[C@@H]1CN(C)CC[C@H]1N2C(=O)Cn1nnc(-c2ccccc2F)n1. The average Bonchev–Trinajstić information content (AvgIpc) is 3.30. The highest BCUT2D eigenvalue weighted by Crippen LogP contribution is 2.45. The molecule has 2 aromatic carbocycles. The monoisotopic (exact) mass is 406 g/mol. The summed E-state index contributed by atoms with van der Waals surface area (Å²) in [4.78, 5) is 18.8. The summed E-state index contributed by atoms with van der Waals surface area (Å²) < 4.78 is 14.0. The highest BCUT2D eigenvalue weighted by Gasteiger charge is 2.43. The minimum atomic E-state index is -0.415. The number of anilines is 1. The van der Waals surface area contributed by atoms with Crippen LogP contribution in [0.1, 0.15) is 23.5 Å². The van der Waals surface area contributed by atoms with E-state index in [1.165, 1.54) is 22.0 Å². The Morgan fingerprint density at radius 3 is 2.90 bits per heavy atom. The molecule has 3 aromatic rings. The fourth-order valence-corrected chi connectivity index (χ4v) is 4.66. The van der Waals surface area contributed by atoms with Gasteiger partial charge in [0.2, 0.25) is 5.82 Å². The van der Waals surface area contributed by atoms with Crippen LogP contribution in [0.4, 0.5) is 10.1 Å². The van der Waals surface area contributed by atoms with Crippen molar-refractivity contribution in [1.82, 2.24) is 25.1 Å². The number of aryl methyl sites for hydroxylation is 1. The molecule has 1 fully saturated rings. The first-order valence-electron chi connectivity index (χ1n) is 10.1. The van der Waals surface area contributed by atoms with Crippen molar-refractivity contribution in [2.45, 2.75) is 31.8 Å². The van der Waals surface area contributed by atoms with Crippen molar-refractivity contribution in [3.8, 4) is 11.4 Å². The molecule has 0 radical (unpaired) electrons. The van der Waals surface area contributed by atoms with Crippen LogP contribution in [0.15, 0.2) is 42.5 Å². The summed E-state index contributed by atoms with van der Waals surface area (Å²) in [6.07, 6.45) is 0.923. The van der Waals surface area contributed by atoms with Gasteiger partial charge in [0.25, 0.3) is 5.91 Å². The summed E-state index contributed by atoms with van der Waals surface area (Å²) in [6, 6.07) is 12.7. The second-order valence-electron chi connectivity index (χ2n) is 8.17. The Hall–Kier alpha value is -3.13. The minimum Gasteiger partial charge on any atom is -0.307 e. The number of amides is 1. The lowest BCUT2D eigenvalue weighted by Crippen LogP contribution is -2.48. The molecule has 0 saturated carbocycles. The summed E-state index contributed by atoms with van der Waals surface area (Å²) >= 11 is 0. The molecule has 1 aromatic heterocycles. The van der Waals surface area contributed by atoms with Gasteiger partial charge in [-0.1, -0.05) is 29.8 Å². The van der Waals surface area contributed by atoms with Crippen molar-refractivity contribution in [3.05, 3.63) is 59.4 Å². The van der Waals surface area contributed by atoms with Crippen LogP contribution in [-0.2, 0) is 11.3 Å². The molecule has 2 aliphatic heterocycles. The average molecular weight is 406 g/mol. The quantitative estimate of drug-likeness (QED) is 0.669. The number of halogens is 1. The van der Waals surface area contributed by atoms with Gasteiger partial charge in [-0.25, -0.2) is 4.39 Å². The molecule has 8 heteroatoms. The lowest BCUT2D eigenvalue weighted by molar-refractivity contribution is -0.120. The minimum absolute atomic E-state index is 0.0339. The Morgan fingerprint density at radius 1 is 1.23 bits per heavy atom. The van der Waals surface area contributed by atoms with Gasteiger partial charge in [0.15, 0.2) is 0 Å². The van der Waals surface area contributed by atoms with Crippen LogP contribution in [0.5, 0.6) is 0 Å². The first-order chi connectivity index (χ1) is 14.5. The molecule has 5 rings (SSSR count). The van der Waals surface area contributed by atoms with E-state index >= 15 is 0 Å². The molecule has 3 heterocycles. The summed E-state index contributed by atoms with van der Waals surface area (Å²) in [5.41, 5.74) is 3.68. The van der Waals surface area contributed by atoms with E-state index in [4.69, 9.17) is 0 Å². The van der Waals surface area contributed by atoms with Gasteiger partial charge in [0.05, 0.1) is 5.56 Å². The van der Waals surface area contributed by atoms with Crippen LogP contribution < -0.4 is 4.90 Å². The van der Waals surface area contributed by atoms with Gasteiger partial charge in [0, 0.05) is 24.2 Å². The Labute approximate surface area is 174 Å². The van der Waals surface area contributed by atoms with Gasteiger partial charge in [-0.3, -0.25) is 4.79 Å². The van der Waals surface area contributed by atoms with Crippen molar-refractivity contribution in [3.63, 3.8) is 0 Å². The summed E-state index contributed by atoms with van der Waals surface area (Å²) in [6.45, 7) is 3.94. The number of tetrazole rings is 1. The fraction of sp³-hybridized carbons (Fsp3) is 0.364.